The first-order chi connectivity index (χ1) is 8.00. The van der Waals surface area contributed by atoms with Gasteiger partial charge in [0, 0.05) is 31.2 Å². The Hall–Kier alpha value is -0.770. The molecule has 0 aliphatic carbocycles. The van der Waals surface area contributed by atoms with Gasteiger partial charge in [-0.25, -0.2) is 4.79 Å². The Balaban J connectivity index is 2.59. The molecule has 0 aromatic rings. The summed E-state index contributed by atoms with van der Waals surface area (Å²) in [6.45, 7) is 16.9. The van der Waals surface area contributed by atoms with Crippen LogP contribution in [0.5, 0.6) is 0 Å². The zero-order valence-electron chi connectivity index (χ0n) is 12.9. The maximum absolute atomic E-state index is 12.0. The summed E-state index contributed by atoms with van der Waals surface area (Å²) >= 11 is 0. The highest BCUT2D eigenvalue weighted by atomic mass is 16.6. The zero-order chi connectivity index (χ0) is 14.1. The van der Waals surface area contributed by atoms with Crippen LogP contribution in [0.4, 0.5) is 4.79 Å². The molecule has 1 fully saturated rings. The largest absolute Gasteiger partial charge is 0.444 e. The number of rotatable bonds is 0. The fraction of sp³-hybridized carbons (Fsp3) is 0.929. The van der Waals surface area contributed by atoms with Crippen LogP contribution >= 0.6 is 0 Å². The Morgan fingerprint density at radius 3 is 2.06 bits per heavy atom. The Morgan fingerprint density at radius 2 is 1.67 bits per heavy atom. The molecule has 0 spiro atoms. The molecule has 4 heteroatoms. The maximum atomic E-state index is 12.0. The lowest BCUT2D eigenvalue weighted by Gasteiger charge is -2.46. The van der Waals surface area contributed by atoms with Crippen LogP contribution in [0.1, 0.15) is 48.5 Å². The Bertz CT molecular complexity index is 302. The summed E-state index contributed by atoms with van der Waals surface area (Å²) in [7, 11) is 0. The normalized spacial score (nSPS) is 23.1. The second-order valence-corrected chi connectivity index (χ2v) is 7.14. The molecule has 1 saturated heterocycles. The van der Waals surface area contributed by atoms with Crippen LogP contribution in [-0.4, -0.2) is 52.7 Å². The lowest BCUT2D eigenvalue weighted by molar-refractivity contribution is -0.0129. The third-order valence-corrected chi connectivity index (χ3v) is 3.14. The van der Waals surface area contributed by atoms with Crippen LogP contribution in [0, 0.1) is 0 Å². The topological polar surface area (TPSA) is 32.8 Å². The molecule has 0 unspecified atom stereocenters. The number of ether oxygens (including phenoxy) is 1. The summed E-state index contributed by atoms with van der Waals surface area (Å²) in [5.41, 5.74) is -0.263. The first-order valence-corrected chi connectivity index (χ1v) is 6.75. The molecule has 0 aromatic heterocycles. The van der Waals surface area contributed by atoms with E-state index in [0.29, 0.717) is 6.04 Å². The van der Waals surface area contributed by atoms with E-state index in [0.717, 1.165) is 19.6 Å². The monoisotopic (exact) mass is 256 g/mol. The van der Waals surface area contributed by atoms with Crippen molar-refractivity contribution in [2.75, 3.05) is 19.6 Å². The number of piperazine rings is 1. The van der Waals surface area contributed by atoms with Crippen molar-refractivity contribution >= 4 is 6.09 Å². The van der Waals surface area contributed by atoms with Gasteiger partial charge in [-0.3, -0.25) is 4.90 Å². The number of carbonyl (C=O) groups excluding carboxylic acids is 1. The van der Waals surface area contributed by atoms with Gasteiger partial charge < -0.3 is 9.64 Å². The molecule has 1 aliphatic rings. The lowest BCUT2D eigenvalue weighted by Crippen LogP contribution is -2.59. The van der Waals surface area contributed by atoms with Gasteiger partial charge in [0.2, 0.25) is 0 Å². The van der Waals surface area contributed by atoms with E-state index in [9.17, 15) is 4.79 Å². The molecule has 0 aromatic carbocycles. The van der Waals surface area contributed by atoms with Crippen molar-refractivity contribution in [3.05, 3.63) is 0 Å². The van der Waals surface area contributed by atoms with Crippen molar-refractivity contribution in [1.82, 2.24) is 9.80 Å². The summed E-state index contributed by atoms with van der Waals surface area (Å²) in [5, 5.41) is 0. The van der Waals surface area contributed by atoms with Gasteiger partial charge in [0.15, 0.2) is 0 Å². The summed E-state index contributed by atoms with van der Waals surface area (Å²) in [6.07, 6.45) is -0.192. The smallest absolute Gasteiger partial charge is 0.410 e. The zero-order valence-corrected chi connectivity index (χ0v) is 12.9. The molecule has 0 saturated carbocycles. The third-order valence-electron chi connectivity index (χ3n) is 3.14. The predicted octanol–water partition coefficient (Wildman–Crippen LogP) is 2.73. The van der Waals surface area contributed by atoms with Crippen molar-refractivity contribution in [3.63, 3.8) is 0 Å². The fourth-order valence-corrected chi connectivity index (χ4v) is 2.45. The van der Waals surface area contributed by atoms with E-state index in [1.807, 2.05) is 25.7 Å². The van der Waals surface area contributed by atoms with Crippen molar-refractivity contribution in [2.24, 2.45) is 0 Å². The fourth-order valence-electron chi connectivity index (χ4n) is 2.45. The van der Waals surface area contributed by atoms with Gasteiger partial charge in [-0.2, -0.15) is 0 Å². The lowest BCUT2D eigenvalue weighted by atomic mass is 10.0. The molecule has 4 nitrogen and oxygen atoms in total. The van der Waals surface area contributed by atoms with Crippen LogP contribution in [0.25, 0.3) is 0 Å². The van der Waals surface area contributed by atoms with E-state index in [2.05, 4.69) is 32.6 Å². The van der Waals surface area contributed by atoms with Crippen molar-refractivity contribution in [3.8, 4) is 0 Å². The van der Waals surface area contributed by atoms with Gasteiger partial charge in [-0.05, 0) is 48.5 Å². The highest BCUT2D eigenvalue weighted by Gasteiger charge is 2.34. The van der Waals surface area contributed by atoms with Crippen molar-refractivity contribution in [2.45, 2.75) is 65.6 Å². The number of hydrogen-bond donors (Lipinski definition) is 0. The predicted molar refractivity (Wildman–Crippen MR) is 73.7 cm³/mol. The molecule has 18 heavy (non-hydrogen) atoms. The quantitative estimate of drug-likeness (QED) is 0.668. The maximum Gasteiger partial charge on any atom is 0.410 e. The Kier molecular flexibility index (Phi) is 4.31. The van der Waals surface area contributed by atoms with E-state index >= 15 is 0 Å². The van der Waals surface area contributed by atoms with E-state index in [1.54, 1.807) is 0 Å². The van der Waals surface area contributed by atoms with Gasteiger partial charge in [0.05, 0.1) is 0 Å². The first kappa shape index (κ1) is 15.3. The molecule has 0 bridgehead atoms. The Morgan fingerprint density at radius 1 is 1.11 bits per heavy atom. The molecule has 1 heterocycles. The minimum Gasteiger partial charge on any atom is -0.444 e. The van der Waals surface area contributed by atoms with Crippen LogP contribution in [0.2, 0.25) is 0 Å². The molecule has 0 N–H and O–H groups in total. The number of amides is 1. The van der Waals surface area contributed by atoms with Gasteiger partial charge in [-0.1, -0.05) is 0 Å². The van der Waals surface area contributed by atoms with Gasteiger partial charge >= 0.3 is 6.09 Å². The van der Waals surface area contributed by atoms with E-state index < -0.39 is 5.60 Å². The number of nitrogens with zero attached hydrogens (tertiary/aromatic N) is 2. The molecule has 1 amide bonds. The second-order valence-electron chi connectivity index (χ2n) is 7.14. The highest BCUT2D eigenvalue weighted by molar-refractivity contribution is 5.68. The van der Waals surface area contributed by atoms with E-state index in [1.165, 1.54) is 0 Å². The van der Waals surface area contributed by atoms with Crippen LogP contribution in [0.15, 0.2) is 0 Å². The Labute approximate surface area is 111 Å². The molecular formula is C14H28N2O2. The average Bonchev–Trinajstić information content (AvgIpc) is 2.12. The summed E-state index contributed by atoms with van der Waals surface area (Å²) < 4.78 is 5.41. The van der Waals surface area contributed by atoms with Gasteiger partial charge in [0.1, 0.15) is 5.60 Å². The van der Waals surface area contributed by atoms with Crippen LogP contribution in [-0.2, 0) is 4.74 Å². The van der Waals surface area contributed by atoms with Crippen molar-refractivity contribution in [1.29, 1.82) is 0 Å². The van der Waals surface area contributed by atoms with Crippen molar-refractivity contribution < 1.29 is 9.53 Å². The minimum absolute atomic E-state index is 0.152. The van der Waals surface area contributed by atoms with E-state index in [4.69, 9.17) is 4.74 Å². The van der Waals surface area contributed by atoms with Crippen LogP contribution in [0.3, 0.4) is 0 Å². The molecule has 1 rings (SSSR count). The number of carbonyl (C=O) groups is 1. The molecule has 0 radical (unpaired) electrons. The molecular weight excluding hydrogens is 228 g/mol. The SMILES string of the molecule is C[C@@H]1CN(C(=O)OC(C)(C)C)CCN1C(C)(C)C. The molecule has 1 aliphatic heterocycles. The molecule has 106 valence electrons. The second kappa shape index (κ2) is 5.08. The summed E-state index contributed by atoms with van der Waals surface area (Å²) in [4.78, 5) is 16.3. The summed E-state index contributed by atoms with van der Waals surface area (Å²) in [6, 6.07) is 0.367. The van der Waals surface area contributed by atoms with Crippen LogP contribution < -0.4 is 0 Å². The molecule has 1 atom stereocenters. The standard InChI is InChI=1S/C14H28N2O2/c1-11-10-15(12(17)18-14(5,6)7)8-9-16(11)13(2,3)4/h11H,8-10H2,1-7H3/t11-/m1/s1. The van der Waals surface area contributed by atoms with Gasteiger partial charge in [0.25, 0.3) is 0 Å². The summed E-state index contributed by atoms with van der Waals surface area (Å²) in [5.74, 6) is 0. The first-order valence-electron chi connectivity index (χ1n) is 6.75. The van der Waals surface area contributed by atoms with E-state index in [-0.39, 0.29) is 11.6 Å². The third kappa shape index (κ3) is 4.16. The minimum atomic E-state index is -0.415. The number of hydrogen-bond acceptors (Lipinski definition) is 3. The highest BCUT2D eigenvalue weighted by Crippen LogP contribution is 2.22. The van der Waals surface area contributed by atoms with Gasteiger partial charge in [-0.15, -0.1) is 0 Å². The average molecular weight is 256 g/mol.